The summed E-state index contributed by atoms with van der Waals surface area (Å²) in [6.45, 7) is 5.88. The van der Waals surface area contributed by atoms with Gasteiger partial charge in [0.15, 0.2) is 0 Å². The van der Waals surface area contributed by atoms with Gasteiger partial charge in [-0.3, -0.25) is 0 Å². The van der Waals surface area contributed by atoms with Crippen LogP contribution in [0.4, 0.5) is 17.8 Å². The van der Waals surface area contributed by atoms with Crippen LogP contribution in [-0.2, 0) is 0 Å². The van der Waals surface area contributed by atoms with Gasteiger partial charge in [0.1, 0.15) is 0 Å². The molecule has 1 aromatic heterocycles. The van der Waals surface area contributed by atoms with Crippen molar-refractivity contribution in [1.82, 2.24) is 15.0 Å². The second-order valence-electron chi connectivity index (χ2n) is 5.30. The lowest BCUT2D eigenvalue weighted by Gasteiger charge is -2.31. The summed E-state index contributed by atoms with van der Waals surface area (Å²) < 4.78 is 0. The molecule has 7 heteroatoms. The van der Waals surface area contributed by atoms with Gasteiger partial charge in [-0.05, 0) is 32.9 Å². The van der Waals surface area contributed by atoms with Crippen LogP contribution in [0.25, 0.3) is 0 Å². The highest BCUT2D eigenvalue weighted by atomic mass is 32.2. The molecule has 2 atom stereocenters. The number of nitrogens with two attached hydrogens (primary N) is 1. The minimum Gasteiger partial charge on any atom is -0.368 e. The van der Waals surface area contributed by atoms with Crippen molar-refractivity contribution in [1.29, 1.82) is 0 Å². The largest absolute Gasteiger partial charge is 0.368 e. The molecule has 1 heterocycles. The summed E-state index contributed by atoms with van der Waals surface area (Å²) in [5, 5.41) is 4.10. The summed E-state index contributed by atoms with van der Waals surface area (Å²) in [5.41, 5.74) is 5.84. The Morgan fingerprint density at radius 3 is 2.57 bits per heavy atom. The predicted molar refractivity (Wildman–Crippen MR) is 91.0 cm³/mol. The molecule has 2 unspecified atom stereocenters. The van der Waals surface area contributed by atoms with Crippen LogP contribution in [0.3, 0.4) is 0 Å². The van der Waals surface area contributed by atoms with Crippen LogP contribution in [-0.4, -0.2) is 45.6 Å². The van der Waals surface area contributed by atoms with Crippen molar-refractivity contribution in [3.63, 3.8) is 0 Å². The lowest BCUT2D eigenvalue weighted by atomic mass is 9.95. The van der Waals surface area contributed by atoms with Gasteiger partial charge in [-0.2, -0.15) is 26.7 Å². The van der Waals surface area contributed by atoms with Crippen LogP contribution in [0.5, 0.6) is 0 Å². The zero-order valence-corrected chi connectivity index (χ0v) is 14.0. The van der Waals surface area contributed by atoms with Crippen LogP contribution in [0.2, 0.25) is 0 Å². The molecule has 0 amide bonds. The maximum Gasteiger partial charge on any atom is 0.231 e. The Bertz CT molecular complexity index is 451. The number of hydrogen-bond donors (Lipinski definition) is 2. The minimum atomic E-state index is 0.283. The van der Waals surface area contributed by atoms with E-state index < -0.39 is 0 Å². The van der Waals surface area contributed by atoms with E-state index in [1.807, 2.05) is 11.8 Å². The summed E-state index contributed by atoms with van der Waals surface area (Å²) in [6.07, 6.45) is 7.17. The van der Waals surface area contributed by atoms with E-state index in [0.717, 1.165) is 19.5 Å². The molecule has 1 aromatic rings. The molecule has 0 saturated heterocycles. The van der Waals surface area contributed by atoms with Gasteiger partial charge in [0, 0.05) is 24.4 Å². The Morgan fingerprint density at radius 1 is 1.19 bits per heavy atom. The van der Waals surface area contributed by atoms with Gasteiger partial charge in [0.2, 0.25) is 17.8 Å². The van der Waals surface area contributed by atoms with E-state index in [-0.39, 0.29) is 5.95 Å². The fraction of sp³-hybridized carbons (Fsp3) is 0.786. The molecule has 1 saturated carbocycles. The second kappa shape index (κ2) is 7.68. The van der Waals surface area contributed by atoms with E-state index in [2.05, 4.69) is 45.3 Å². The minimum absolute atomic E-state index is 0.283. The molecule has 0 radical (unpaired) electrons. The molecule has 1 aliphatic carbocycles. The van der Waals surface area contributed by atoms with Crippen molar-refractivity contribution >= 4 is 29.6 Å². The van der Waals surface area contributed by atoms with Crippen molar-refractivity contribution in [3.05, 3.63) is 0 Å². The van der Waals surface area contributed by atoms with Crippen LogP contribution in [0, 0.1) is 0 Å². The van der Waals surface area contributed by atoms with Gasteiger partial charge in [-0.15, -0.1) is 0 Å². The summed E-state index contributed by atoms with van der Waals surface area (Å²) in [6, 6.07) is 0.417. The first kappa shape index (κ1) is 16.1. The number of nitrogens with one attached hydrogen (secondary N) is 1. The highest BCUT2D eigenvalue weighted by Gasteiger charge is 2.25. The van der Waals surface area contributed by atoms with Crippen molar-refractivity contribution in [3.8, 4) is 0 Å². The van der Waals surface area contributed by atoms with Gasteiger partial charge in [0.25, 0.3) is 0 Å². The maximum atomic E-state index is 5.84. The zero-order valence-electron chi connectivity index (χ0n) is 13.2. The van der Waals surface area contributed by atoms with Crippen LogP contribution in [0.15, 0.2) is 0 Å². The molecule has 21 heavy (non-hydrogen) atoms. The van der Waals surface area contributed by atoms with Crippen LogP contribution < -0.4 is 16.0 Å². The predicted octanol–water partition coefficient (Wildman–Crippen LogP) is 2.39. The highest BCUT2D eigenvalue weighted by molar-refractivity contribution is 7.99. The smallest absolute Gasteiger partial charge is 0.231 e. The number of aromatic nitrogens is 3. The molecule has 2 rings (SSSR count). The third-order valence-electron chi connectivity index (χ3n) is 4.01. The summed E-state index contributed by atoms with van der Waals surface area (Å²) in [7, 11) is 0. The number of anilines is 3. The van der Waals surface area contributed by atoms with Crippen molar-refractivity contribution in [2.24, 2.45) is 0 Å². The normalized spacial score (nSPS) is 22.0. The average Bonchev–Trinajstić information content (AvgIpc) is 2.48. The first-order chi connectivity index (χ1) is 10.2. The van der Waals surface area contributed by atoms with Gasteiger partial charge in [-0.1, -0.05) is 12.8 Å². The van der Waals surface area contributed by atoms with E-state index in [9.17, 15) is 0 Å². The first-order valence-electron chi connectivity index (χ1n) is 7.73. The third-order valence-corrected chi connectivity index (χ3v) is 5.18. The summed E-state index contributed by atoms with van der Waals surface area (Å²) in [4.78, 5) is 15.1. The Balaban J connectivity index is 2.15. The van der Waals surface area contributed by atoms with Crippen molar-refractivity contribution < 1.29 is 0 Å². The molecule has 118 valence electrons. The topological polar surface area (TPSA) is 80.0 Å². The Kier molecular flexibility index (Phi) is 5.90. The maximum absolute atomic E-state index is 5.84. The number of hydrogen-bond acceptors (Lipinski definition) is 7. The molecular formula is C14H26N6S. The zero-order chi connectivity index (χ0) is 15.2. The molecular weight excluding hydrogens is 284 g/mol. The average molecular weight is 310 g/mol. The molecule has 0 aliphatic heterocycles. The highest BCUT2D eigenvalue weighted by Crippen LogP contribution is 2.29. The number of nitrogens with zero attached hydrogens (tertiary/aromatic N) is 4. The monoisotopic (exact) mass is 310 g/mol. The molecule has 1 fully saturated rings. The SMILES string of the molecule is CCN(CC)c1nc(N)nc(NC2CCCCC2SC)n1. The van der Waals surface area contributed by atoms with Gasteiger partial charge < -0.3 is 16.0 Å². The summed E-state index contributed by atoms with van der Waals surface area (Å²) >= 11 is 1.92. The van der Waals surface area contributed by atoms with E-state index in [1.54, 1.807) is 0 Å². The first-order valence-corrected chi connectivity index (χ1v) is 9.02. The van der Waals surface area contributed by atoms with Crippen LogP contribution in [0.1, 0.15) is 39.5 Å². The quantitative estimate of drug-likeness (QED) is 0.835. The molecule has 6 nitrogen and oxygen atoms in total. The Morgan fingerprint density at radius 2 is 1.90 bits per heavy atom. The van der Waals surface area contributed by atoms with Gasteiger partial charge in [-0.25, -0.2) is 0 Å². The van der Waals surface area contributed by atoms with Crippen molar-refractivity contribution in [2.45, 2.75) is 50.8 Å². The Labute approximate surface area is 131 Å². The molecule has 3 N–H and O–H groups in total. The standard InChI is InChI=1S/C14H26N6S/c1-4-20(5-2)14-18-12(15)17-13(19-14)16-10-8-6-7-9-11(10)21-3/h10-11H,4-9H2,1-3H3,(H3,15,16,17,18,19). The summed E-state index contributed by atoms with van der Waals surface area (Å²) in [5.74, 6) is 1.55. The Hall–Kier alpha value is -1.24. The third kappa shape index (κ3) is 4.12. The number of thioether (sulfide) groups is 1. The second-order valence-corrected chi connectivity index (χ2v) is 6.38. The van der Waals surface area contributed by atoms with Crippen molar-refractivity contribution in [2.75, 3.05) is 35.3 Å². The number of rotatable bonds is 6. The molecule has 1 aliphatic rings. The lowest BCUT2D eigenvalue weighted by molar-refractivity contribution is 0.473. The molecule has 0 spiro atoms. The van der Waals surface area contributed by atoms with E-state index in [0.29, 0.717) is 23.2 Å². The van der Waals surface area contributed by atoms with Crippen LogP contribution >= 0.6 is 11.8 Å². The van der Waals surface area contributed by atoms with E-state index in [1.165, 1.54) is 19.3 Å². The lowest BCUT2D eigenvalue weighted by Crippen LogP contribution is -2.35. The van der Waals surface area contributed by atoms with E-state index >= 15 is 0 Å². The molecule has 0 bridgehead atoms. The number of nitrogen functional groups attached to an aromatic ring is 1. The van der Waals surface area contributed by atoms with Gasteiger partial charge in [0.05, 0.1) is 0 Å². The fourth-order valence-corrected chi connectivity index (χ4v) is 3.74. The molecule has 0 aromatic carbocycles. The van der Waals surface area contributed by atoms with E-state index in [4.69, 9.17) is 5.73 Å². The van der Waals surface area contributed by atoms with Gasteiger partial charge >= 0.3 is 0 Å². The fourth-order valence-electron chi connectivity index (χ4n) is 2.80.